The summed E-state index contributed by atoms with van der Waals surface area (Å²) in [6, 6.07) is 12.5. The van der Waals surface area contributed by atoms with E-state index in [0.29, 0.717) is 64.2 Å². The van der Waals surface area contributed by atoms with Crippen LogP contribution in [0.2, 0.25) is 35.7 Å². The molecule has 0 saturated heterocycles. The molecule has 4 aromatic heterocycles. The molecule has 6 aromatic rings. The van der Waals surface area contributed by atoms with Gasteiger partial charge < -0.3 is 4.74 Å². The number of ether oxygens (including phenoxy) is 1. The van der Waals surface area contributed by atoms with E-state index in [1.54, 1.807) is 19.1 Å². The van der Waals surface area contributed by atoms with Crippen molar-refractivity contribution in [1.82, 2.24) is 29.4 Å². The number of aromatic nitrogens is 6. The molecule has 2 aromatic carbocycles. The average Bonchev–Trinajstić information content (AvgIpc) is 3.98. The Hall–Kier alpha value is -4.84. The van der Waals surface area contributed by atoms with Crippen LogP contribution in [0.4, 0.5) is 20.4 Å². The fourth-order valence-electron chi connectivity index (χ4n) is 5.59. The number of pyridine rings is 2. The first-order valence-electron chi connectivity index (χ1n) is 18.6. The van der Waals surface area contributed by atoms with Crippen molar-refractivity contribution in [2.45, 2.75) is 59.3 Å². The van der Waals surface area contributed by atoms with E-state index < -0.39 is 31.2 Å². The molecule has 0 aliphatic carbocycles. The van der Waals surface area contributed by atoms with Crippen LogP contribution < -0.4 is 11.5 Å². The number of fused-ring (bicyclic) bond motifs is 2. The lowest BCUT2D eigenvalue weighted by molar-refractivity contribution is 0.161. The Morgan fingerprint density at radius 2 is 1.19 bits per heavy atom. The van der Waals surface area contributed by atoms with Crippen molar-refractivity contribution in [1.29, 1.82) is 0 Å². The first kappa shape index (κ1) is 43.7. The molecule has 8 rings (SSSR count). The van der Waals surface area contributed by atoms with Crippen LogP contribution >= 0.6 is 46.4 Å². The Morgan fingerprint density at radius 3 is 1.56 bits per heavy atom. The SMILES string of the molecule is CCOCC[Si](C)(C)C.O=c1onc(-c2ccnc3c2CC(Cl)=N3)n1-c1ccc(F)c(Cl)c1.O=c1onc(-c2ccnc3c2CC(Cl)=N3)n1-c1ccc(F)c(Cl)c1.[2H]CC. The number of halogens is 6. The topological polar surface area (TPSA) is 156 Å². The lowest BCUT2D eigenvalue weighted by atomic mass is 10.1. The van der Waals surface area contributed by atoms with Crippen LogP contribution in [-0.2, 0) is 17.6 Å². The van der Waals surface area contributed by atoms with Gasteiger partial charge in [-0.25, -0.2) is 47.5 Å². The van der Waals surface area contributed by atoms with Gasteiger partial charge in [0.2, 0.25) is 0 Å². The van der Waals surface area contributed by atoms with Gasteiger partial charge in [-0.05, 0) is 61.5 Å². The van der Waals surface area contributed by atoms with E-state index in [0.717, 1.165) is 36.5 Å². The van der Waals surface area contributed by atoms with Gasteiger partial charge in [0, 0.05) is 70.1 Å². The van der Waals surface area contributed by atoms with Crippen molar-refractivity contribution in [2.75, 3.05) is 13.2 Å². The largest absolute Gasteiger partial charge is 0.446 e. The van der Waals surface area contributed by atoms with E-state index >= 15 is 0 Å². The Morgan fingerprint density at radius 1 is 0.763 bits per heavy atom. The number of nitrogens with zero attached hydrogens (tertiary/aromatic N) is 8. The van der Waals surface area contributed by atoms with Gasteiger partial charge in [0.25, 0.3) is 0 Å². The normalized spacial score (nSPS) is 12.8. The summed E-state index contributed by atoms with van der Waals surface area (Å²) in [5.41, 5.74) is 3.34. The molecule has 6 heterocycles. The highest BCUT2D eigenvalue weighted by molar-refractivity contribution is 6.76. The third-order valence-electron chi connectivity index (χ3n) is 8.38. The molecule has 59 heavy (non-hydrogen) atoms. The van der Waals surface area contributed by atoms with Gasteiger partial charge in [-0.1, -0.05) is 90.2 Å². The average molecular weight is 908 g/mol. The number of hydrogen-bond donors (Lipinski definition) is 0. The maximum atomic E-state index is 13.4. The fraction of sp³-hybridized carbons (Fsp3) is 0.282. The van der Waals surface area contributed by atoms with E-state index in [9.17, 15) is 18.4 Å². The van der Waals surface area contributed by atoms with Gasteiger partial charge in [0.1, 0.15) is 22.0 Å². The molecule has 0 N–H and O–H groups in total. The predicted octanol–water partition coefficient (Wildman–Crippen LogP) is 10.4. The zero-order valence-electron chi connectivity index (χ0n) is 33.4. The number of aliphatic imine (C=N–C) groups is 2. The van der Waals surface area contributed by atoms with E-state index in [4.69, 9.17) is 61.6 Å². The van der Waals surface area contributed by atoms with Crippen LogP contribution in [0.15, 0.2) is 89.5 Å². The minimum absolute atomic E-state index is 0.113. The minimum Gasteiger partial charge on any atom is -0.382 e. The summed E-state index contributed by atoms with van der Waals surface area (Å²) in [4.78, 5) is 40.7. The lowest BCUT2D eigenvalue weighted by Crippen LogP contribution is -2.21. The summed E-state index contributed by atoms with van der Waals surface area (Å²) >= 11 is 23.6. The van der Waals surface area contributed by atoms with Crippen molar-refractivity contribution < 1.29 is 23.9 Å². The van der Waals surface area contributed by atoms with Crippen molar-refractivity contribution >= 4 is 76.5 Å². The van der Waals surface area contributed by atoms with Crippen LogP contribution in [0.5, 0.6) is 0 Å². The number of rotatable bonds is 8. The van der Waals surface area contributed by atoms with Gasteiger partial charge >= 0.3 is 11.5 Å². The molecule has 0 amide bonds. The second kappa shape index (κ2) is 19.9. The van der Waals surface area contributed by atoms with E-state index in [-0.39, 0.29) is 21.7 Å². The molecule has 0 bridgehead atoms. The summed E-state index contributed by atoms with van der Waals surface area (Å²) in [6.45, 7) is 13.3. The smallest absolute Gasteiger partial charge is 0.382 e. The van der Waals surface area contributed by atoms with Crippen molar-refractivity contribution in [3.05, 3.63) is 115 Å². The molecule has 13 nitrogen and oxygen atoms in total. The number of hydrogen-bond acceptors (Lipinski definition) is 11. The molecule has 0 unspecified atom stereocenters. The van der Waals surface area contributed by atoms with Gasteiger partial charge in [-0.3, -0.25) is 9.05 Å². The van der Waals surface area contributed by atoms with Crippen LogP contribution in [-0.4, -0.2) is 61.0 Å². The molecule has 0 radical (unpaired) electrons. The molecular formula is C39H38Cl4F2N8O5Si. The monoisotopic (exact) mass is 905 g/mol. The van der Waals surface area contributed by atoms with Gasteiger partial charge in [0.15, 0.2) is 23.3 Å². The molecule has 2 aliphatic heterocycles. The van der Waals surface area contributed by atoms with Gasteiger partial charge in [0.05, 0.1) is 21.4 Å². The fourth-order valence-corrected chi connectivity index (χ4v) is 7.12. The maximum Gasteiger partial charge on any atom is 0.446 e. The Kier molecular flexibility index (Phi) is 14.8. The van der Waals surface area contributed by atoms with Crippen LogP contribution in [0.25, 0.3) is 34.2 Å². The second-order valence-electron chi connectivity index (χ2n) is 13.6. The summed E-state index contributed by atoms with van der Waals surface area (Å²) in [6.07, 6.45) is 3.83. The Bertz CT molecular complexity index is 2490. The lowest BCUT2D eigenvalue weighted by Gasteiger charge is -2.14. The standard InChI is InChI=1S/2C15H7Cl2FN4O2.C7H18OSi.C2H6/c2*16-10-5-7(1-2-11(10)18)22-14(21-24-15(22)23)8-3-4-19-13-9(8)6-12(17)20-13;1-5-8-6-7-9(2,3)4;1-2/h2*1-5H,6H2;5-7H2,1-4H3;1-2H3/i;;;1D. The first-order chi connectivity index (χ1) is 28.6. The summed E-state index contributed by atoms with van der Waals surface area (Å²) in [7, 11) is -0.819. The molecule has 2 aliphatic rings. The minimum atomic E-state index is -0.819. The highest BCUT2D eigenvalue weighted by atomic mass is 35.5. The van der Waals surface area contributed by atoms with Crippen LogP contribution in [0.1, 0.15) is 33.2 Å². The van der Waals surface area contributed by atoms with Crippen molar-refractivity contribution in [3.8, 4) is 34.2 Å². The zero-order chi connectivity index (χ0) is 43.7. The van der Waals surface area contributed by atoms with Crippen LogP contribution in [0, 0.1) is 11.6 Å². The number of benzene rings is 2. The van der Waals surface area contributed by atoms with Crippen LogP contribution in [0.3, 0.4) is 0 Å². The zero-order valence-corrected chi connectivity index (χ0v) is 36.4. The van der Waals surface area contributed by atoms with Crippen molar-refractivity contribution in [2.24, 2.45) is 9.98 Å². The summed E-state index contributed by atoms with van der Waals surface area (Å²) in [5.74, 6) is -1.20. The summed E-state index contributed by atoms with van der Waals surface area (Å²) in [5, 5.41) is 8.23. The van der Waals surface area contributed by atoms with Crippen molar-refractivity contribution in [3.63, 3.8) is 0 Å². The molecule has 310 valence electrons. The molecular weight excluding hydrogens is 868 g/mol. The van der Waals surface area contributed by atoms with Gasteiger partial charge in [-0.15, -0.1) is 0 Å². The highest BCUT2D eigenvalue weighted by Gasteiger charge is 2.26. The molecule has 0 atom stereocenters. The first-order valence-corrected chi connectivity index (χ1v) is 23.2. The molecule has 20 heteroatoms. The third kappa shape index (κ3) is 10.9. The third-order valence-corrected chi connectivity index (χ3v) is 11.1. The van der Waals surface area contributed by atoms with E-state index in [1.807, 2.05) is 6.92 Å². The Balaban J connectivity index is 0.000000180. The van der Waals surface area contributed by atoms with E-state index in [1.165, 1.54) is 51.8 Å². The molecule has 0 spiro atoms. The quantitative estimate of drug-likeness (QED) is 0.107. The maximum absolute atomic E-state index is 13.4. The second-order valence-corrected chi connectivity index (χ2v) is 20.9. The Labute approximate surface area is 359 Å². The molecule has 0 saturated carbocycles. The van der Waals surface area contributed by atoms with E-state index in [2.05, 4.69) is 49.9 Å². The highest BCUT2D eigenvalue weighted by Crippen LogP contribution is 2.36. The summed E-state index contributed by atoms with van der Waals surface area (Å²) < 4.78 is 50.2. The predicted molar refractivity (Wildman–Crippen MR) is 230 cm³/mol. The van der Waals surface area contributed by atoms with Gasteiger partial charge in [-0.2, -0.15) is 0 Å². The molecule has 0 fully saturated rings.